The molecule has 1 fully saturated rings. The molecule has 1 saturated heterocycles. The van der Waals surface area contributed by atoms with Gasteiger partial charge in [0.15, 0.2) is 9.86 Å². The third-order valence-corrected chi connectivity index (χ3v) is 7.90. The number of hydrogen-bond donors (Lipinski definition) is 1. The van der Waals surface area contributed by atoms with Crippen LogP contribution < -0.4 is 9.77 Å². The second kappa shape index (κ2) is 6.77. The Labute approximate surface area is 165 Å². The van der Waals surface area contributed by atoms with Gasteiger partial charge in [-0.1, -0.05) is 11.3 Å². The van der Waals surface area contributed by atoms with Crippen LogP contribution >= 0.6 is 11.3 Å². The Bertz CT molecular complexity index is 1220. The molecule has 0 radical (unpaired) electrons. The van der Waals surface area contributed by atoms with Gasteiger partial charge in [0.05, 0.1) is 0 Å². The number of hydrogen-bond acceptors (Lipinski definition) is 8. The number of nitrogens with zero attached hydrogens (tertiary/aromatic N) is 6. The van der Waals surface area contributed by atoms with Gasteiger partial charge in [-0.05, 0) is 19.1 Å². The maximum atomic E-state index is 13.0. The number of nitrogens with one attached hydrogen (secondary N) is 1. The third kappa shape index (κ3) is 3.49. The minimum atomic E-state index is -4.70. The van der Waals surface area contributed by atoms with E-state index in [2.05, 4.69) is 20.3 Å². The monoisotopic (exact) mass is 449 g/mol. The maximum absolute atomic E-state index is 13.0. The van der Waals surface area contributed by atoms with Crippen LogP contribution in [-0.4, -0.2) is 63.7 Å². The van der Waals surface area contributed by atoms with Gasteiger partial charge in [0.25, 0.3) is 15.8 Å². The van der Waals surface area contributed by atoms with E-state index in [0.29, 0.717) is 15.9 Å². The van der Waals surface area contributed by atoms with Crippen LogP contribution in [0.2, 0.25) is 0 Å². The van der Waals surface area contributed by atoms with E-state index >= 15 is 0 Å². The van der Waals surface area contributed by atoms with Crippen LogP contribution in [0, 0.1) is 6.92 Å². The summed E-state index contributed by atoms with van der Waals surface area (Å²) in [6, 6.07) is 2.88. The zero-order chi connectivity index (χ0) is 21.0. The number of fused-ring (bicyclic) bond motifs is 1. The van der Waals surface area contributed by atoms with E-state index < -0.39 is 26.9 Å². The predicted octanol–water partition coefficient (Wildman–Crippen LogP) is 0.712. The predicted molar refractivity (Wildman–Crippen MR) is 96.4 cm³/mol. The van der Waals surface area contributed by atoms with Crippen LogP contribution in [0.3, 0.4) is 0 Å². The van der Waals surface area contributed by atoms with E-state index in [9.17, 15) is 26.4 Å². The molecule has 156 valence electrons. The van der Waals surface area contributed by atoms with Crippen molar-refractivity contribution in [1.82, 2.24) is 29.1 Å². The van der Waals surface area contributed by atoms with Gasteiger partial charge in [0, 0.05) is 31.9 Å². The molecule has 29 heavy (non-hydrogen) atoms. The minimum Gasteiger partial charge on any atom is -0.353 e. The molecule has 4 rings (SSSR count). The molecule has 0 saturated carbocycles. The number of aryl methyl sites for hydroxylation is 1. The first-order valence-corrected chi connectivity index (χ1v) is 10.6. The molecule has 0 amide bonds. The summed E-state index contributed by atoms with van der Waals surface area (Å²) in [5.74, 6) is -0.976. The Hall–Kier alpha value is -2.52. The third-order valence-electron chi connectivity index (χ3n) is 4.42. The molecule has 0 atom stereocenters. The number of H-pyrrole nitrogens is 1. The molecule has 15 heteroatoms. The molecule has 1 N–H and O–H groups in total. The van der Waals surface area contributed by atoms with Crippen molar-refractivity contribution in [3.63, 3.8) is 0 Å². The Morgan fingerprint density at radius 1 is 1.14 bits per heavy atom. The van der Waals surface area contributed by atoms with Gasteiger partial charge in [0.2, 0.25) is 0 Å². The summed E-state index contributed by atoms with van der Waals surface area (Å²) in [4.78, 5) is 15.1. The first-order chi connectivity index (χ1) is 13.6. The lowest BCUT2D eigenvalue weighted by molar-refractivity contribution is -0.146. The summed E-state index contributed by atoms with van der Waals surface area (Å²) in [6.07, 6.45) is -4.70. The van der Waals surface area contributed by atoms with Crippen molar-refractivity contribution < 1.29 is 21.6 Å². The summed E-state index contributed by atoms with van der Waals surface area (Å²) < 4.78 is 66.4. The highest BCUT2D eigenvalue weighted by atomic mass is 32.2. The Balaban J connectivity index is 1.55. The number of alkyl halides is 3. The smallest absolute Gasteiger partial charge is 0.353 e. The van der Waals surface area contributed by atoms with Crippen molar-refractivity contribution in [2.75, 3.05) is 31.1 Å². The quantitative estimate of drug-likeness (QED) is 0.626. The van der Waals surface area contributed by atoms with Gasteiger partial charge >= 0.3 is 11.0 Å². The van der Waals surface area contributed by atoms with Crippen LogP contribution in [0.5, 0.6) is 0 Å². The summed E-state index contributed by atoms with van der Waals surface area (Å²) in [5, 5.41) is 10.6. The van der Waals surface area contributed by atoms with Crippen molar-refractivity contribution in [2.24, 2.45) is 0 Å². The van der Waals surface area contributed by atoms with E-state index in [1.54, 1.807) is 4.90 Å². The number of halogens is 3. The highest BCUT2D eigenvalue weighted by Crippen LogP contribution is 2.28. The van der Waals surface area contributed by atoms with E-state index in [1.807, 2.05) is 0 Å². The van der Waals surface area contributed by atoms with E-state index in [-0.39, 0.29) is 47.5 Å². The maximum Gasteiger partial charge on any atom is 0.453 e. The molecule has 0 spiro atoms. The first-order valence-electron chi connectivity index (χ1n) is 8.32. The van der Waals surface area contributed by atoms with E-state index in [1.165, 1.54) is 23.4 Å². The van der Waals surface area contributed by atoms with Gasteiger partial charge in [-0.3, -0.25) is 4.79 Å². The SMILES string of the molecule is Cc1[nH]c(=O)sc1S(=O)(=O)N1CCN(c2ccc3nnc(C(F)(F)F)n3n2)CC1. The number of piperazine rings is 1. The number of rotatable bonds is 3. The topological polar surface area (TPSA) is 117 Å². The lowest BCUT2D eigenvalue weighted by Gasteiger charge is -2.34. The van der Waals surface area contributed by atoms with Crippen molar-refractivity contribution in [3.05, 3.63) is 33.3 Å². The standard InChI is InChI=1S/C14H14F3N7O3S2/c1-8-11(28-13(25)18-8)29(26,27)23-6-4-22(5-7-23)10-3-2-9-19-20-12(14(15,16)17)24(9)21-10/h2-3H,4-7H2,1H3,(H,18,25). The number of aromatic amines is 1. The second-order valence-corrected chi connectivity index (χ2v) is 9.42. The first kappa shape index (κ1) is 19.8. The van der Waals surface area contributed by atoms with Gasteiger partial charge in [-0.25, -0.2) is 8.42 Å². The fraction of sp³-hybridized carbons (Fsp3) is 0.429. The van der Waals surface area contributed by atoms with Crippen molar-refractivity contribution in [1.29, 1.82) is 0 Å². The van der Waals surface area contributed by atoms with Gasteiger partial charge < -0.3 is 9.88 Å². The van der Waals surface area contributed by atoms with E-state index in [4.69, 9.17) is 0 Å². The molecule has 0 unspecified atom stereocenters. The van der Waals surface area contributed by atoms with Crippen LogP contribution in [0.15, 0.2) is 21.1 Å². The molecule has 1 aliphatic heterocycles. The molecule has 10 nitrogen and oxygen atoms in total. The van der Waals surface area contributed by atoms with E-state index in [0.717, 1.165) is 0 Å². The fourth-order valence-corrected chi connectivity index (χ4v) is 5.89. The summed E-state index contributed by atoms with van der Waals surface area (Å²) in [7, 11) is -3.83. The number of thiazole rings is 1. The minimum absolute atomic E-state index is 0.0326. The summed E-state index contributed by atoms with van der Waals surface area (Å²) >= 11 is 0.628. The zero-order valence-electron chi connectivity index (χ0n) is 14.8. The molecule has 0 bridgehead atoms. The van der Waals surface area contributed by atoms with Gasteiger partial charge in [-0.2, -0.15) is 22.0 Å². The van der Waals surface area contributed by atoms with Crippen molar-refractivity contribution >= 4 is 32.8 Å². The lowest BCUT2D eigenvalue weighted by atomic mass is 10.3. The molecule has 3 aromatic rings. The molecular weight excluding hydrogens is 435 g/mol. The molecule has 4 heterocycles. The van der Waals surface area contributed by atoms with Crippen LogP contribution in [0.1, 0.15) is 11.5 Å². The second-order valence-electron chi connectivity index (χ2n) is 6.30. The average Bonchev–Trinajstić information content (AvgIpc) is 3.24. The van der Waals surface area contributed by atoms with Crippen LogP contribution in [0.4, 0.5) is 19.0 Å². The van der Waals surface area contributed by atoms with Gasteiger partial charge in [0.1, 0.15) is 5.82 Å². The molecule has 0 aliphatic carbocycles. The summed E-state index contributed by atoms with van der Waals surface area (Å²) in [5.41, 5.74) is 0.238. The molecule has 1 aliphatic rings. The number of sulfonamides is 1. The number of aromatic nitrogens is 5. The fourth-order valence-electron chi connectivity index (χ4n) is 3.04. The lowest BCUT2D eigenvalue weighted by Crippen LogP contribution is -2.49. The Morgan fingerprint density at radius 3 is 2.41 bits per heavy atom. The average molecular weight is 449 g/mol. The van der Waals surface area contributed by atoms with Crippen molar-refractivity contribution in [3.8, 4) is 0 Å². The van der Waals surface area contributed by atoms with Crippen LogP contribution in [-0.2, 0) is 16.2 Å². The normalized spacial score (nSPS) is 16.6. The molecule has 0 aromatic carbocycles. The Kier molecular flexibility index (Phi) is 4.62. The Morgan fingerprint density at radius 2 is 1.83 bits per heavy atom. The van der Waals surface area contributed by atoms with Gasteiger partial charge in [-0.15, -0.1) is 15.3 Å². The van der Waals surface area contributed by atoms with Crippen molar-refractivity contribution in [2.45, 2.75) is 17.3 Å². The zero-order valence-corrected chi connectivity index (χ0v) is 16.5. The molecular formula is C14H14F3N7O3S2. The number of anilines is 1. The van der Waals surface area contributed by atoms with Crippen LogP contribution in [0.25, 0.3) is 5.65 Å². The summed E-state index contributed by atoms with van der Waals surface area (Å²) in [6.45, 7) is 2.15. The largest absolute Gasteiger partial charge is 0.453 e. The molecule has 3 aromatic heterocycles. The highest BCUT2D eigenvalue weighted by molar-refractivity contribution is 7.91. The highest BCUT2D eigenvalue weighted by Gasteiger charge is 2.38.